The van der Waals surface area contributed by atoms with E-state index in [1.54, 1.807) is 0 Å². The molecule has 0 spiro atoms. The van der Waals surface area contributed by atoms with Gasteiger partial charge in [-0.2, -0.15) is 5.10 Å². The molecule has 0 aliphatic heterocycles. The standard InChI is InChI=1S/C21H25N3/c1-21(2,20-11-4-3-5-12-20)17-22-15-18-9-6-7-10-19(18)16-24-14-8-13-23-24/h3-14,22H,15-17H2,1-2H3. The normalized spacial score (nSPS) is 11.6. The second-order valence-corrected chi connectivity index (χ2v) is 6.83. The number of rotatable bonds is 7. The lowest BCUT2D eigenvalue weighted by Gasteiger charge is -2.26. The fourth-order valence-corrected chi connectivity index (χ4v) is 2.95. The van der Waals surface area contributed by atoms with E-state index in [9.17, 15) is 0 Å². The van der Waals surface area contributed by atoms with Crippen LogP contribution >= 0.6 is 0 Å². The van der Waals surface area contributed by atoms with Crippen LogP contribution in [-0.2, 0) is 18.5 Å². The molecule has 3 aromatic rings. The molecule has 0 saturated heterocycles. The molecule has 24 heavy (non-hydrogen) atoms. The summed E-state index contributed by atoms with van der Waals surface area (Å²) in [4.78, 5) is 0. The van der Waals surface area contributed by atoms with Gasteiger partial charge in [-0.25, -0.2) is 0 Å². The SMILES string of the molecule is CC(C)(CNCc1ccccc1Cn1cccn1)c1ccccc1. The smallest absolute Gasteiger partial charge is 0.0662 e. The van der Waals surface area contributed by atoms with Gasteiger partial charge < -0.3 is 5.32 Å². The van der Waals surface area contributed by atoms with Gasteiger partial charge in [0, 0.05) is 30.9 Å². The summed E-state index contributed by atoms with van der Waals surface area (Å²) in [7, 11) is 0. The summed E-state index contributed by atoms with van der Waals surface area (Å²) in [6, 6.07) is 21.2. The number of aromatic nitrogens is 2. The van der Waals surface area contributed by atoms with Crippen LogP contribution in [-0.4, -0.2) is 16.3 Å². The van der Waals surface area contributed by atoms with E-state index in [4.69, 9.17) is 0 Å². The molecule has 3 rings (SSSR count). The zero-order valence-electron chi connectivity index (χ0n) is 14.4. The van der Waals surface area contributed by atoms with Crippen LogP contribution in [0.4, 0.5) is 0 Å². The van der Waals surface area contributed by atoms with E-state index in [0.29, 0.717) is 0 Å². The minimum atomic E-state index is 0.109. The van der Waals surface area contributed by atoms with Crippen molar-refractivity contribution < 1.29 is 0 Å². The van der Waals surface area contributed by atoms with Crippen LogP contribution in [0, 0.1) is 0 Å². The Kier molecular flexibility index (Phi) is 5.11. The molecule has 1 heterocycles. The number of benzene rings is 2. The first kappa shape index (κ1) is 16.5. The van der Waals surface area contributed by atoms with Crippen molar-refractivity contribution >= 4 is 0 Å². The maximum Gasteiger partial charge on any atom is 0.0662 e. The highest BCUT2D eigenvalue weighted by Crippen LogP contribution is 2.22. The summed E-state index contributed by atoms with van der Waals surface area (Å²) in [5.74, 6) is 0. The highest BCUT2D eigenvalue weighted by Gasteiger charge is 2.19. The number of nitrogens with one attached hydrogen (secondary N) is 1. The van der Waals surface area contributed by atoms with E-state index < -0.39 is 0 Å². The monoisotopic (exact) mass is 319 g/mol. The van der Waals surface area contributed by atoms with Crippen molar-refractivity contribution in [2.75, 3.05) is 6.54 Å². The van der Waals surface area contributed by atoms with E-state index >= 15 is 0 Å². The minimum Gasteiger partial charge on any atom is -0.312 e. The molecule has 0 atom stereocenters. The molecular weight excluding hydrogens is 294 g/mol. The molecule has 0 bridgehead atoms. The Morgan fingerprint density at radius 2 is 1.62 bits per heavy atom. The fraction of sp³-hybridized carbons (Fsp3) is 0.286. The molecular formula is C21H25N3. The van der Waals surface area contributed by atoms with Gasteiger partial charge in [0.25, 0.3) is 0 Å². The zero-order chi connectivity index (χ0) is 16.8. The maximum absolute atomic E-state index is 4.31. The molecule has 0 unspecified atom stereocenters. The summed E-state index contributed by atoms with van der Waals surface area (Å²) in [5.41, 5.74) is 4.11. The Hall–Kier alpha value is -2.39. The average molecular weight is 319 g/mol. The van der Waals surface area contributed by atoms with Crippen molar-refractivity contribution in [3.05, 3.63) is 89.7 Å². The predicted molar refractivity (Wildman–Crippen MR) is 98.9 cm³/mol. The van der Waals surface area contributed by atoms with E-state index in [1.807, 2.05) is 23.1 Å². The fourth-order valence-electron chi connectivity index (χ4n) is 2.95. The Balaban J connectivity index is 1.63. The first-order chi connectivity index (χ1) is 11.6. The third-order valence-electron chi connectivity index (χ3n) is 4.45. The Labute approximate surface area is 144 Å². The third-order valence-corrected chi connectivity index (χ3v) is 4.45. The molecule has 3 heteroatoms. The zero-order valence-corrected chi connectivity index (χ0v) is 14.4. The highest BCUT2D eigenvalue weighted by atomic mass is 15.3. The summed E-state index contributed by atoms with van der Waals surface area (Å²) in [6.07, 6.45) is 3.83. The van der Waals surface area contributed by atoms with Gasteiger partial charge in [0.1, 0.15) is 0 Å². The van der Waals surface area contributed by atoms with Gasteiger partial charge in [0.15, 0.2) is 0 Å². The van der Waals surface area contributed by atoms with Crippen LogP contribution in [0.3, 0.4) is 0 Å². The Bertz CT molecular complexity index is 746. The Morgan fingerprint density at radius 3 is 2.33 bits per heavy atom. The summed E-state index contributed by atoms with van der Waals surface area (Å²) in [6.45, 7) is 7.18. The van der Waals surface area contributed by atoms with Crippen molar-refractivity contribution in [3.8, 4) is 0 Å². The molecule has 0 aliphatic carbocycles. The average Bonchev–Trinajstić information content (AvgIpc) is 3.10. The van der Waals surface area contributed by atoms with E-state index in [0.717, 1.165) is 19.6 Å². The molecule has 1 N–H and O–H groups in total. The van der Waals surface area contributed by atoms with Crippen LogP contribution in [0.1, 0.15) is 30.5 Å². The van der Waals surface area contributed by atoms with Crippen molar-refractivity contribution in [1.29, 1.82) is 0 Å². The molecule has 124 valence electrons. The molecule has 0 fully saturated rings. The molecule has 0 aliphatic rings. The molecule has 0 saturated carbocycles. The second-order valence-electron chi connectivity index (χ2n) is 6.83. The highest BCUT2D eigenvalue weighted by molar-refractivity contribution is 5.28. The van der Waals surface area contributed by atoms with Crippen molar-refractivity contribution in [3.63, 3.8) is 0 Å². The topological polar surface area (TPSA) is 29.9 Å². The summed E-state index contributed by atoms with van der Waals surface area (Å²) < 4.78 is 1.97. The summed E-state index contributed by atoms with van der Waals surface area (Å²) >= 11 is 0. The van der Waals surface area contributed by atoms with Crippen molar-refractivity contribution in [2.45, 2.75) is 32.4 Å². The van der Waals surface area contributed by atoms with Crippen LogP contribution in [0.15, 0.2) is 73.1 Å². The van der Waals surface area contributed by atoms with Gasteiger partial charge in [-0.3, -0.25) is 4.68 Å². The van der Waals surface area contributed by atoms with E-state index in [2.05, 4.69) is 78.9 Å². The predicted octanol–water partition coefficient (Wildman–Crippen LogP) is 4.00. The molecule has 0 radical (unpaired) electrons. The third kappa shape index (κ3) is 4.12. The van der Waals surface area contributed by atoms with Crippen LogP contribution < -0.4 is 5.32 Å². The van der Waals surface area contributed by atoms with Crippen molar-refractivity contribution in [1.82, 2.24) is 15.1 Å². The van der Waals surface area contributed by atoms with Crippen LogP contribution in [0.2, 0.25) is 0 Å². The van der Waals surface area contributed by atoms with Crippen molar-refractivity contribution in [2.24, 2.45) is 0 Å². The van der Waals surface area contributed by atoms with Gasteiger partial charge in [0.2, 0.25) is 0 Å². The molecule has 1 aromatic heterocycles. The molecule has 0 amide bonds. The van der Waals surface area contributed by atoms with E-state index in [1.165, 1.54) is 16.7 Å². The van der Waals surface area contributed by atoms with Crippen LogP contribution in [0.5, 0.6) is 0 Å². The molecule has 2 aromatic carbocycles. The quantitative estimate of drug-likeness (QED) is 0.713. The van der Waals surface area contributed by atoms with Gasteiger partial charge >= 0.3 is 0 Å². The summed E-state index contributed by atoms with van der Waals surface area (Å²) in [5, 5.41) is 7.94. The Morgan fingerprint density at radius 1 is 0.917 bits per heavy atom. The minimum absolute atomic E-state index is 0.109. The first-order valence-electron chi connectivity index (χ1n) is 8.46. The van der Waals surface area contributed by atoms with Gasteiger partial charge in [-0.15, -0.1) is 0 Å². The lowest BCUT2D eigenvalue weighted by molar-refractivity contribution is 0.468. The number of hydrogen-bond acceptors (Lipinski definition) is 2. The lowest BCUT2D eigenvalue weighted by atomic mass is 9.84. The lowest BCUT2D eigenvalue weighted by Crippen LogP contribution is -2.32. The number of nitrogens with zero attached hydrogens (tertiary/aromatic N) is 2. The van der Waals surface area contributed by atoms with Gasteiger partial charge in [-0.1, -0.05) is 68.4 Å². The largest absolute Gasteiger partial charge is 0.312 e. The second kappa shape index (κ2) is 7.45. The van der Waals surface area contributed by atoms with E-state index in [-0.39, 0.29) is 5.41 Å². The number of hydrogen-bond donors (Lipinski definition) is 1. The van der Waals surface area contributed by atoms with Gasteiger partial charge in [-0.05, 0) is 22.8 Å². The first-order valence-corrected chi connectivity index (χ1v) is 8.46. The van der Waals surface area contributed by atoms with Gasteiger partial charge in [0.05, 0.1) is 6.54 Å². The molecule has 3 nitrogen and oxygen atoms in total. The maximum atomic E-state index is 4.31. The van der Waals surface area contributed by atoms with Crippen LogP contribution in [0.25, 0.3) is 0 Å².